The predicted molar refractivity (Wildman–Crippen MR) is 65.3 cm³/mol. The molecule has 2 rings (SSSR count). The van der Waals surface area contributed by atoms with Crippen LogP contribution in [0.2, 0.25) is 0 Å². The number of hydrogen-bond donors (Lipinski definition) is 6. The van der Waals surface area contributed by atoms with E-state index in [2.05, 4.69) is 0 Å². The van der Waals surface area contributed by atoms with Gasteiger partial charge in [0.05, 0.1) is 12.8 Å². The number of H-pyrrole nitrogens is 1. The van der Waals surface area contributed by atoms with Gasteiger partial charge in [0.1, 0.15) is 18.3 Å². The number of aromatic nitrogens is 2. The lowest BCUT2D eigenvalue weighted by atomic mass is 10.1. The molecule has 1 fully saturated rings. The number of hydrogen-bond acceptors (Lipinski definition) is 7. The molecule has 124 valence electrons. The van der Waals surface area contributed by atoms with Crippen LogP contribution in [0.1, 0.15) is 0 Å². The molecule has 4 atom stereocenters. The van der Waals surface area contributed by atoms with Crippen LogP contribution in [-0.4, -0.2) is 59.6 Å². The number of aliphatic hydroxyl groups excluding tert-OH is 3. The van der Waals surface area contributed by atoms with E-state index in [1.165, 1.54) is 4.98 Å². The van der Waals surface area contributed by atoms with E-state index in [0.29, 0.717) is 0 Å². The Hall–Kier alpha value is -1.40. The summed E-state index contributed by atoms with van der Waals surface area (Å²) in [6.07, 6.45) is -5.87. The molecule has 0 spiro atoms. The highest BCUT2D eigenvalue weighted by Crippen LogP contribution is 2.60. The van der Waals surface area contributed by atoms with Crippen molar-refractivity contribution in [3.63, 3.8) is 0 Å². The summed E-state index contributed by atoms with van der Waals surface area (Å²) in [5.41, 5.74) is -6.13. The molecule has 1 saturated heterocycles. The molecule has 22 heavy (non-hydrogen) atoms. The molecule has 1 aromatic rings. The molecule has 0 saturated carbocycles. The lowest BCUT2D eigenvalue weighted by Gasteiger charge is -2.33. The standard InChI is InChI=1S/C9H12FN2O9P/c10-3-1-12(8(17)11-7(3)16)9(22(18,19)20)6(15)5(14)4(2-13)21-9/h1,4-6,13-15H,2H2,(H,11,16,17)(H2,18,19,20)/t4-,5-,6-,9+/m1/s1. The molecule has 1 aliphatic rings. The van der Waals surface area contributed by atoms with Crippen molar-refractivity contribution < 1.29 is 38.8 Å². The Kier molecular flexibility index (Phi) is 4.13. The van der Waals surface area contributed by atoms with Crippen LogP contribution in [0.3, 0.4) is 0 Å². The molecule has 0 aliphatic carbocycles. The molecular formula is C9H12FN2O9P. The second-order valence-electron chi connectivity index (χ2n) is 4.58. The minimum atomic E-state index is -5.54. The molecule has 0 radical (unpaired) electrons. The Labute approximate surface area is 120 Å². The molecule has 0 unspecified atom stereocenters. The minimum Gasteiger partial charge on any atom is -0.394 e. The number of aliphatic hydroxyl groups is 3. The van der Waals surface area contributed by atoms with Gasteiger partial charge in [-0.05, 0) is 0 Å². The van der Waals surface area contributed by atoms with Crippen molar-refractivity contribution in [3.05, 3.63) is 32.9 Å². The predicted octanol–water partition coefficient (Wildman–Crippen LogP) is -3.42. The van der Waals surface area contributed by atoms with Gasteiger partial charge < -0.3 is 29.8 Å². The van der Waals surface area contributed by atoms with Crippen molar-refractivity contribution >= 4 is 7.60 Å². The van der Waals surface area contributed by atoms with Crippen LogP contribution in [0.5, 0.6) is 0 Å². The van der Waals surface area contributed by atoms with Gasteiger partial charge >= 0.3 is 13.3 Å². The van der Waals surface area contributed by atoms with Gasteiger partial charge in [-0.3, -0.25) is 18.9 Å². The summed E-state index contributed by atoms with van der Waals surface area (Å²) >= 11 is 0. The van der Waals surface area contributed by atoms with Crippen molar-refractivity contribution in [1.29, 1.82) is 0 Å². The largest absolute Gasteiger partial charge is 0.394 e. The van der Waals surface area contributed by atoms with Crippen molar-refractivity contribution in [2.45, 2.75) is 23.8 Å². The summed E-state index contributed by atoms with van der Waals surface area (Å²) in [6, 6.07) is 0. The van der Waals surface area contributed by atoms with Gasteiger partial charge in [0.2, 0.25) is 5.82 Å². The maximum Gasteiger partial charge on any atom is 0.381 e. The van der Waals surface area contributed by atoms with Crippen LogP contribution in [0.4, 0.5) is 4.39 Å². The highest BCUT2D eigenvalue weighted by atomic mass is 31.2. The average molecular weight is 342 g/mol. The number of nitrogens with one attached hydrogen (secondary N) is 1. The summed E-state index contributed by atoms with van der Waals surface area (Å²) in [6.45, 7) is -0.944. The van der Waals surface area contributed by atoms with E-state index >= 15 is 0 Å². The van der Waals surface area contributed by atoms with Gasteiger partial charge in [0.15, 0.2) is 0 Å². The Morgan fingerprint density at radius 2 is 2.00 bits per heavy atom. The molecule has 11 nitrogen and oxygen atoms in total. The lowest BCUT2D eigenvalue weighted by Crippen LogP contribution is -2.51. The second kappa shape index (κ2) is 5.35. The average Bonchev–Trinajstić information content (AvgIpc) is 2.67. The summed E-state index contributed by atoms with van der Waals surface area (Å²) < 4.78 is 29.9. The summed E-state index contributed by atoms with van der Waals surface area (Å²) in [5, 5.41) is 28.6. The van der Waals surface area contributed by atoms with Crippen molar-refractivity contribution in [2.75, 3.05) is 6.61 Å². The number of rotatable bonds is 3. The lowest BCUT2D eigenvalue weighted by molar-refractivity contribution is -0.103. The topological polar surface area (TPSA) is 182 Å². The van der Waals surface area contributed by atoms with Crippen LogP contribution in [0.25, 0.3) is 0 Å². The first-order chi connectivity index (χ1) is 10.1. The van der Waals surface area contributed by atoms with Gasteiger partial charge in [-0.15, -0.1) is 0 Å². The Morgan fingerprint density at radius 3 is 2.45 bits per heavy atom. The first-order valence-corrected chi connectivity index (χ1v) is 7.40. The quantitative estimate of drug-likeness (QED) is 0.305. The number of nitrogens with zero attached hydrogens (tertiary/aromatic N) is 1. The van der Waals surface area contributed by atoms with Crippen molar-refractivity contribution in [2.24, 2.45) is 0 Å². The van der Waals surface area contributed by atoms with Crippen LogP contribution in [0, 0.1) is 5.82 Å². The van der Waals surface area contributed by atoms with Crippen LogP contribution < -0.4 is 11.2 Å². The zero-order valence-corrected chi connectivity index (χ0v) is 11.6. The normalized spacial score (nSPS) is 32.4. The van der Waals surface area contributed by atoms with E-state index < -0.39 is 55.0 Å². The van der Waals surface area contributed by atoms with E-state index in [9.17, 15) is 38.5 Å². The zero-order chi connectivity index (χ0) is 16.9. The van der Waals surface area contributed by atoms with Crippen LogP contribution >= 0.6 is 7.60 Å². The van der Waals surface area contributed by atoms with Gasteiger partial charge in [-0.25, -0.2) is 4.79 Å². The minimum absolute atomic E-state index is 0.0476. The first kappa shape index (κ1) is 17.0. The number of ether oxygens (including phenoxy) is 1. The molecule has 0 aromatic carbocycles. The highest BCUT2D eigenvalue weighted by molar-refractivity contribution is 7.52. The fraction of sp³-hybridized carbons (Fsp3) is 0.556. The first-order valence-electron chi connectivity index (χ1n) is 5.78. The molecule has 6 N–H and O–H groups in total. The van der Waals surface area contributed by atoms with Gasteiger partial charge in [-0.1, -0.05) is 0 Å². The SMILES string of the molecule is O=c1[nH]c(=O)n([C@]2(P(=O)(O)O)O[C@H](CO)[C@@H](O)[C@H]2O)cc1F. The fourth-order valence-electron chi connectivity index (χ4n) is 2.20. The molecule has 1 aromatic heterocycles. The number of aromatic amines is 1. The molecule has 2 heterocycles. The van der Waals surface area contributed by atoms with E-state index in [0.717, 1.165) is 0 Å². The van der Waals surface area contributed by atoms with E-state index in [1.807, 2.05) is 0 Å². The van der Waals surface area contributed by atoms with Crippen molar-refractivity contribution in [1.82, 2.24) is 9.55 Å². The van der Waals surface area contributed by atoms with E-state index in [4.69, 9.17) is 9.84 Å². The molecule has 1 aliphatic heterocycles. The maximum absolute atomic E-state index is 13.4. The third-order valence-electron chi connectivity index (χ3n) is 3.26. The number of halogens is 1. The molecule has 0 bridgehead atoms. The fourth-order valence-corrected chi connectivity index (χ4v) is 3.40. The third-order valence-corrected chi connectivity index (χ3v) is 4.68. The third kappa shape index (κ3) is 2.25. The Balaban J connectivity index is 2.79. The summed E-state index contributed by atoms with van der Waals surface area (Å²) in [7, 11) is -5.54. The zero-order valence-electron chi connectivity index (χ0n) is 10.7. The van der Waals surface area contributed by atoms with Gasteiger partial charge in [-0.2, -0.15) is 4.39 Å². The molecular weight excluding hydrogens is 330 g/mol. The summed E-state index contributed by atoms with van der Waals surface area (Å²) in [4.78, 5) is 43.1. The van der Waals surface area contributed by atoms with E-state index in [-0.39, 0.29) is 10.8 Å². The highest BCUT2D eigenvalue weighted by Gasteiger charge is 2.66. The van der Waals surface area contributed by atoms with Gasteiger partial charge in [0, 0.05) is 0 Å². The Bertz CT molecular complexity index is 741. The van der Waals surface area contributed by atoms with Gasteiger partial charge in [0.25, 0.3) is 11.0 Å². The Morgan fingerprint density at radius 1 is 1.41 bits per heavy atom. The molecule has 0 amide bonds. The smallest absolute Gasteiger partial charge is 0.381 e. The summed E-state index contributed by atoms with van der Waals surface area (Å²) in [5.74, 6) is -1.58. The maximum atomic E-state index is 13.4. The van der Waals surface area contributed by atoms with Crippen molar-refractivity contribution in [3.8, 4) is 0 Å². The monoisotopic (exact) mass is 342 g/mol. The van der Waals surface area contributed by atoms with Crippen LogP contribution in [0.15, 0.2) is 15.8 Å². The van der Waals surface area contributed by atoms with E-state index in [1.54, 1.807) is 0 Å². The second-order valence-corrected chi connectivity index (χ2v) is 6.31. The van der Waals surface area contributed by atoms with Crippen LogP contribution in [-0.2, 0) is 14.8 Å². The molecule has 13 heteroatoms.